The summed E-state index contributed by atoms with van der Waals surface area (Å²) in [5.41, 5.74) is 0.106. The molecule has 1 rings (SSSR count). The molecule has 0 heterocycles. The van der Waals surface area contributed by atoms with Gasteiger partial charge in [-0.25, -0.2) is 4.79 Å². The fourth-order valence-corrected chi connectivity index (χ4v) is 1.99. The second-order valence-corrected chi connectivity index (χ2v) is 4.97. The Labute approximate surface area is 138 Å². The Kier molecular flexibility index (Phi) is 6.82. The van der Waals surface area contributed by atoms with E-state index in [1.807, 2.05) is 0 Å². The van der Waals surface area contributed by atoms with Crippen molar-refractivity contribution in [1.82, 2.24) is 5.32 Å². The summed E-state index contributed by atoms with van der Waals surface area (Å²) in [5, 5.41) is 2.15. The van der Waals surface area contributed by atoms with Gasteiger partial charge in [-0.3, -0.25) is 9.59 Å². The normalized spacial score (nSPS) is 12.2. The van der Waals surface area contributed by atoms with Crippen molar-refractivity contribution < 1.29 is 32.6 Å². The molecule has 6 nitrogen and oxygen atoms in total. The van der Waals surface area contributed by atoms with Crippen molar-refractivity contribution in [2.75, 3.05) is 13.7 Å². The summed E-state index contributed by atoms with van der Waals surface area (Å²) in [6.07, 6.45) is -1.18. The number of nitrogens with one attached hydrogen (secondary N) is 1. The van der Waals surface area contributed by atoms with Gasteiger partial charge in [0.2, 0.25) is 5.91 Å². The van der Waals surface area contributed by atoms with E-state index >= 15 is 0 Å². The molecule has 0 saturated heterocycles. The Bertz CT molecular complexity index is 601. The molecule has 0 aromatic heterocycles. The minimum atomic E-state index is -3.90. The third-order valence-electron chi connectivity index (χ3n) is 3.10. The van der Waals surface area contributed by atoms with E-state index in [0.717, 1.165) is 6.92 Å². The zero-order chi connectivity index (χ0) is 18.3. The minimum absolute atomic E-state index is 0.106. The number of methoxy groups -OCH3 is 1. The van der Waals surface area contributed by atoms with Crippen molar-refractivity contribution in [3.05, 3.63) is 29.8 Å². The van der Waals surface area contributed by atoms with Crippen molar-refractivity contribution in [1.29, 1.82) is 0 Å². The Hall–Kier alpha value is -2.51. The maximum Gasteiger partial charge on any atom is 0.377 e. The second kappa shape index (κ2) is 8.37. The van der Waals surface area contributed by atoms with E-state index in [1.165, 1.54) is 38.3 Å². The van der Waals surface area contributed by atoms with Crippen molar-refractivity contribution in [3.63, 3.8) is 0 Å². The summed E-state index contributed by atoms with van der Waals surface area (Å²) in [4.78, 5) is 34.9. The predicted molar refractivity (Wildman–Crippen MR) is 81.1 cm³/mol. The molecule has 1 N–H and O–H groups in total. The molecule has 1 amide bonds. The Morgan fingerprint density at radius 2 is 1.79 bits per heavy atom. The summed E-state index contributed by atoms with van der Waals surface area (Å²) in [5.74, 6) is -6.55. The van der Waals surface area contributed by atoms with E-state index in [1.54, 1.807) is 0 Å². The van der Waals surface area contributed by atoms with Crippen molar-refractivity contribution in [3.8, 4) is 5.75 Å². The maximum atomic E-state index is 13.9. The number of hydrogen-bond donors (Lipinski definition) is 1. The number of ether oxygens (including phenoxy) is 2. The standard InChI is InChI=1S/C16H19F2NO5/c1-4-24-15(22)16(17,18)9-13(19-10(2)20)14(21)11-5-7-12(23-3)8-6-11/h5-8,13H,4,9H2,1-3H3,(H,19,20). The van der Waals surface area contributed by atoms with Gasteiger partial charge in [0.15, 0.2) is 5.78 Å². The number of alkyl halides is 2. The lowest BCUT2D eigenvalue weighted by Crippen LogP contribution is -2.46. The van der Waals surface area contributed by atoms with Crippen LogP contribution in [-0.4, -0.2) is 43.3 Å². The molecule has 0 bridgehead atoms. The number of benzene rings is 1. The Morgan fingerprint density at radius 3 is 2.25 bits per heavy atom. The summed E-state index contributed by atoms with van der Waals surface area (Å²) >= 11 is 0. The quantitative estimate of drug-likeness (QED) is 0.576. The van der Waals surface area contributed by atoms with Gasteiger partial charge in [-0.15, -0.1) is 0 Å². The second-order valence-electron chi connectivity index (χ2n) is 4.97. The molecule has 132 valence electrons. The molecule has 1 unspecified atom stereocenters. The molecular weight excluding hydrogens is 324 g/mol. The average molecular weight is 343 g/mol. The Balaban J connectivity index is 3.00. The Morgan fingerprint density at radius 1 is 1.21 bits per heavy atom. The lowest BCUT2D eigenvalue weighted by atomic mass is 9.98. The van der Waals surface area contributed by atoms with Gasteiger partial charge in [0, 0.05) is 12.5 Å². The van der Waals surface area contributed by atoms with Crippen molar-refractivity contribution >= 4 is 17.7 Å². The molecule has 1 aromatic carbocycles. The van der Waals surface area contributed by atoms with Gasteiger partial charge < -0.3 is 14.8 Å². The van der Waals surface area contributed by atoms with Crippen LogP contribution in [0.25, 0.3) is 0 Å². The highest BCUT2D eigenvalue weighted by molar-refractivity contribution is 6.02. The molecule has 24 heavy (non-hydrogen) atoms. The molecule has 0 aliphatic rings. The topological polar surface area (TPSA) is 81.7 Å². The SMILES string of the molecule is CCOC(=O)C(F)(F)CC(NC(C)=O)C(=O)c1ccc(OC)cc1. The molecule has 1 aromatic rings. The number of Topliss-reactive ketones (excluding diaryl/α,β-unsaturated/α-hetero) is 1. The number of ketones is 1. The lowest BCUT2D eigenvalue weighted by molar-refractivity contribution is -0.172. The van der Waals surface area contributed by atoms with Gasteiger partial charge in [0.25, 0.3) is 0 Å². The van der Waals surface area contributed by atoms with Gasteiger partial charge in [-0.05, 0) is 31.2 Å². The van der Waals surface area contributed by atoms with E-state index in [-0.39, 0.29) is 12.2 Å². The molecule has 1 atom stereocenters. The lowest BCUT2D eigenvalue weighted by Gasteiger charge is -2.22. The van der Waals surface area contributed by atoms with Crippen LogP contribution in [-0.2, 0) is 14.3 Å². The summed E-state index contributed by atoms with van der Waals surface area (Å²) in [6, 6.07) is 4.19. The van der Waals surface area contributed by atoms with E-state index in [9.17, 15) is 23.2 Å². The van der Waals surface area contributed by atoms with Gasteiger partial charge in [0.1, 0.15) is 5.75 Å². The average Bonchev–Trinajstić information content (AvgIpc) is 2.53. The number of esters is 1. The summed E-state index contributed by atoms with van der Waals surface area (Å²) in [6.45, 7) is 2.27. The van der Waals surface area contributed by atoms with E-state index < -0.39 is 36.0 Å². The van der Waals surface area contributed by atoms with Crippen molar-refractivity contribution in [2.24, 2.45) is 0 Å². The molecule has 0 spiro atoms. The number of rotatable bonds is 8. The van der Waals surface area contributed by atoms with Crippen LogP contribution in [0.5, 0.6) is 5.75 Å². The first kappa shape index (κ1) is 19.5. The van der Waals surface area contributed by atoms with Gasteiger partial charge in [0.05, 0.1) is 26.2 Å². The third kappa shape index (κ3) is 5.29. The van der Waals surface area contributed by atoms with Crippen LogP contribution in [0.4, 0.5) is 8.78 Å². The van der Waals surface area contributed by atoms with Gasteiger partial charge in [-0.2, -0.15) is 8.78 Å². The van der Waals surface area contributed by atoms with Crippen LogP contribution in [0.3, 0.4) is 0 Å². The summed E-state index contributed by atoms with van der Waals surface area (Å²) < 4.78 is 37.1. The fourth-order valence-electron chi connectivity index (χ4n) is 1.99. The van der Waals surface area contributed by atoms with E-state index in [4.69, 9.17) is 4.74 Å². The highest BCUT2D eigenvalue weighted by Crippen LogP contribution is 2.24. The minimum Gasteiger partial charge on any atom is -0.497 e. The van der Waals surface area contributed by atoms with E-state index in [2.05, 4.69) is 10.1 Å². The molecular formula is C16H19F2NO5. The zero-order valence-electron chi connectivity index (χ0n) is 13.6. The number of carbonyl (C=O) groups excluding carboxylic acids is 3. The van der Waals surface area contributed by atoms with Crippen LogP contribution in [0.2, 0.25) is 0 Å². The van der Waals surface area contributed by atoms with Crippen LogP contribution in [0.15, 0.2) is 24.3 Å². The molecule has 0 saturated carbocycles. The zero-order valence-corrected chi connectivity index (χ0v) is 13.6. The largest absolute Gasteiger partial charge is 0.497 e. The first-order chi connectivity index (χ1) is 11.2. The first-order valence-electron chi connectivity index (χ1n) is 7.21. The number of amides is 1. The van der Waals surface area contributed by atoms with E-state index in [0.29, 0.717) is 5.75 Å². The molecule has 0 fully saturated rings. The molecule has 8 heteroatoms. The third-order valence-corrected chi connectivity index (χ3v) is 3.10. The monoisotopic (exact) mass is 343 g/mol. The fraction of sp³-hybridized carbons (Fsp3) is 0.438. The first-order valence-corrected chi connectivity index (χ1v) is 7.21. The summed E-state index contributed by atoms with van der Waals surface area (Å²) in [7, 11) is 1.44. The smallest absolute Gasteiger partial charge is 0.377 e. The maximum absolute atomic E-state index is 13.9. The number of hydrogen-bond acceptors (Lipinski definition) is 5. The van der Waals surface area contributed by atoms with Crippen LogP contribution in [0.1, 0.15) is 30.6 Å². The van der Waals surface area contributed by atoms with Crippen LogP contribution >= 0.6 is 0 Å². The predicted octanol–water partition coefficient (Wildman–Crippen LogP) is 1.97. The van der Waals surface area contributed by atoms with Crippen LogP contribution in [0, 0.1) is 0 Å². The number of carbonyl (C=O) groups is 3. The molecule has 0 radical (unpaired) electrons. The van der Waals surface area contributed by atoms with Gasteiger partial charge >= 0.3 is 11.9 Å². The number of halogens is 2. The highest BCUT2D eigenvalue weighted by atomic mass is 19.3. The highest BCUT2D eigenvalue weighted by Gasteiger charge is 2.44. The molecule has 0 aliphatic carbocycles. The van der Waals surface area contributed by atoms with Crippen molar-refractivity contribution in [2.45, 2.75) is 32.2 Å². The van der Waals surface area contributed by atoms with Gasteiger partial charge in [-0.1, -0.05) is 0 Å². The van der Waals surface area contributed by atoms with Crippen LogP contribution < -0.4 is 10.1 Å². The molecule has 0 aliphatic heterocycles.